The Hall–Kier alpha value is -2.57. The van der Waals surface area contributed by atoms with Gasteiger partial charge in [0.25, 0.3) is 5.91 Å². The number of nitrogens with one attached hydrogen (secondary N) is 2. The van der Waals surface area contributed by atoms with E-state index in [2.05, 4.69) is 10.6 Å². The minimum absolute atomic E-state index is 0.0567. The van der Waals surface area contributed by atoms with E-state index < -0.39 is 17.0 Å². The molecule has 0 bridgehead atoms. The quantitative estimate of drug-likeness (QED) is 0.792. The van der Waals surface area contributed by atoms with Crippen LogP contribution in [-0.4, -0.2) is 48.5 Å². The Morgan fingerprint density at radius 2 is 1.93 bits per heavy atom. The van der Waals surface area contributed by atoms with Crippen LogP contribution in [0.1, 0.15) is 44.1 Å². The van der Waals surface area contributed by atoms with Crippen molar-refractivity contribution in [1.82, 2.24) is 15.5 Å². The lowest BCUT2D eigenvalue weighted by atomic mass is 9.76. The first-order valence-corrected chi connectivity index (χ1v) is 9.57. The number of amides is 4. The molecule has 27 heavy (non-hydrogen) atoms. The largest absolute Gasteiger partial charge is 0.497 e. The van der Waals surface area contributed by atoms with Crippen molar-refractivity contribution in [2.45, 2.75) is 49.5 Å². The lowest BCUT2D eigenvalue weighted by Gasteiger charge is -2.42. The lowest BCUT2D eigenvalue weighted by Crippen LogP contribution is -2.61. The number of likely N-dealkylation sites (tertiary alicyclic amines) is 1. The zero-order valence-electron chi connectivity index (χ0n) is 15.5. The first-order valence-electron chi connectivity index (χ1n) is 9.57. The number of carbonyl (C=O) groups is 3. The zero-order valence-corrected chi connectivity index (χ0v) is 15.5. The number of imide groups is 1. The first-order chi connectivity index (χ1) is 13.0. The van der Waals surface area contributed by atoms with Crippen LogP contribution in [0.5, 0.6) is 5.75 Å². The molecule has 2 aliphatic heterocycles. The highest BCUT2D eigenvalue weighted by Gasteiger charge is 2.52. The average Bonchev–Trinajstić information content (AvgIpc) is 3.27. The standard InChI is InChI=1S/C20H25N3O4/c1-27-15-7-4-6-14(12-15)19(8-2-3-9-19)17(25)23-11-5-10-20(13-23)16(24)21-18(26)22-20/h4,6-7,12H,2-3,5,8-11,13H2,1H3,(H2,21,22,24,26). The molecule has 144 valence electrons. The molecule has 1 unspecified atom stereocenters. The highest BCUT2D eigenvalue weighted by Crippen LogP contribution is 2.44. The highest BCUT2D eigenvalue weighted by molar-refractivity contribution is 6.07. The van der Waals surface area contributed by atoms with Crippen molar-refractivity contribution in [2.75, 3.05) is 20.2 Å². The van der Waals surface area contributed by atoms with Gasteiger partial charge in [0, 0.05) is 6.54 Å². The van der Waals surface area contributed by atoms with Crippen LogP contribution < -0.4 is 15.4 Å². The van der Waals surface area contributed by atoms with Crippen LogP contribution in [0, 0.1) is 0 Å². The molecule has 1 aromatic rings. The summed E-state index contributed by atoms with van der Waals surface area (Å²) in [5, 5.41) is 5.07. The van der Waals surface area contributed by atoms with Crippen molar-refractivity contribution < 1.29 is 19.1 Å². The normalized spacial score (nSPS) is 26.8. The predicted octanol–water partition coefficient (Wildman–Crippen LogP) is 1.71. The number of nitrogens with zero attached hydrogens (tertiary/aromatic N) is 1. The van der Waals surface area contributed by atoms with Gasteiger partial charge in [0.1, 0.15) is 11.3 Å². The van der Waals surface area contributed by atoms with Gasteiger partial charge in [0.05, 0.1) is 19.1 Å². The molecule has 0 radical (unpaired) electrons. The Labute approximate surface area is 158 Å². The second-order valence-corrected chi connectivity index (χ2v) is 7.84. The average molecular weight is 371 g/mol. The van der Waals surface area contributed by atoms with Crippen LogP contribution in [0.25, 0.3) is 0 Å². The van der Waals surface area contributed by atoms with Crippen LogP contribution in [-0.2, 0) is 15.0 Å². The summed E-state index contributed by atoms with van der Waals surface area (Å²) in [6.07, 6.45) is 4.83. The molecule has 4 amide bonds. The molecule has 3 aliphatic rings. The van der Waals surface area contributed by atoms with E-state index in [1.54, 1.807) is 12.0 Å². The summed E-state index contributed by atoms with van der Waals surface area (Å²) < 4.78 is 5.36. The van der Waals surface area contributed by atoms with Gasteiger partial charge in [-0.1, -0.05) is 25.0 Å². The topological polar surface area (TPSA) is 87.7 Å². The van der Waals surface area contributed by atoms with Gasteiger partial charge < -0.3 is 15.0 Å². The molecule has 4 rings (SSSR count). The number of methoxy groups -OCH3 is 1. The minimum atomic E-state index is -0.987. The van der Waals surface area contributed by atoms with Crippen molar-refractivity contribution in [3.63, 3.8) is 0 Å². The Balaban J connectivity index is 1.64. The molecule has 3 fully saturated rings. The fourth-order valence-electron chi connectivity index (χ4n) is 4.87. The smallest absolute Gasteiger partial charge is 0.322 e. The Morgan fingerprint density at radius 3 is 2.59 bits per heavy atom. The second-order valence-electron chi connectivity index (χ2n) is 7.84. The third-order valence-electron chi connectivity index (χ3n) is 6.28. The second kappa shape index (κ2) is 6.55. The Morgan fingerprint density at radius 1 is 1.15 bits per heavy atom. The molecule has 2 heterocycles. The summed E-state index contributed by atoms with van der Waals surface area (Å²) in [4.78, 5) is 39.5. The SMILES string of the molecule is COc1cccc(C2(C(=O)N3CCCC4(C3)NC(=O)NC4=O)CCCC2)c1. The van der Waals surface area contributed by atoms with Crippen molar-refractivity contribution in [3.8, 4) is 5.75 Å². The summed E-state index contributed by atoms with van der Waals surface area (Å²) >= 11 is 0. The third kappa shape index (κ3) is 2.85. The monoisotopic (exact) mass is 371 g/mol. The number of hydrogen-bond acceptors (Lipinski definition) is 4. The molecule has 1 spiro atoms. The number of ether oxygens (including phenoxy) is 1. The summed E-state index contributed by atoms with van der Waals surface area (Å²) in [5.74, 6) is 0.470. The molecule has 7 nitrogen and oxygen atoms in total. The molecule has 1 atom stereocenters. The van der Waals surface area contributed by atoms with Gasteiger partial charge in [-0.15, -0.1) is 0 Å². The van der Waals surface area contributed by atoms with Crippen LogP contribution in [0.3, 0.4) is 0 Å². The van der Waals surface area contributed by atoms with Gasteiger partial charge in [-0.25, -0.2) is 4.79 Å². The fourth-order valence-corrected chi connectivity index (χ4v) is 4.87. The maximum Gasteiger partial charge on any atom is 0.322 e. The maximum atomic E-state index is 13.7. The summed E-state index contributed by atoms with van der Waals surface area (Å²) in [6, 6.07) is 7.27. The number of piperidine rings is 1. The Bertz CT molecular complexity index is 787. The first kappa shape index (κ1) is 17.8. The van der Waals surface area contributed by atoms with Gasteiger partial charge in [-0.2, -0.15) is 0 Å². The van der Waals surface area contributed by atoms with Gasteiger partial charge >= 0.3 is 6.03 Å². The van der Waals surface area contributed by atoms with E-state index in [9.17, 15) is 14.4 Å². The van der Waals surface area contributed by atoms with Crippen molar-refractivity contribution in [1.29, 1.82) is 0 Å². The number of carbonyl (C=O) groups excluding carboxylic acids is 3. The number of hydrogen-bond donors (Lipinski definition) is 2. The van der Waals surface area contributed by atoms with Crippen molar-refractivity contribution in [2.24, 2.45) is 0 Å². The Kier molecular flexibility index (Phi) is 4.32. The van der Waals surface area contributed by atoms with E-state index in [-0.39, 0.29) is 18.4 Å². The third-order valence-corrected chi connectivity index (χ3v) is 6.28. The molecular formula is C20H25N3O4. The minimum Gasteiger partial charge on any atom is -0.497 e. The predicted molar refractivity (Wildman–Crippen MR) is 98.4 cm³/mol. The molecule has 1 saturated carbocycles. The summed E-state index contributed by atoms with van der Waals surface area (Å²) in [7, 11) is 1.62. The molecule has 2 N–H and O–H groups in total. The van der Waals surface area contributed by atoms with E-state index in [0.29, 0.717) is 19.4 Å². The van der Waals surface area contributed by atoms with E-state index >= 15 is 0 Å². The highest BCUT2D eigenvalue weighted by atomic mass is 16.5. The van der Waals surface area contributed by atoms with E-state index in [1.807, 2.05) is 24.3 Å². The fraction of sp³-hybridized carbons (Fsp3) is 0.550. The van der Waals surface area contributed by atoms with E-state index in [1.165, 1.54) is 0 Å². The van der Waals surface area contributed by atoms with Crippen LogP contribution in [0.2, 0.25) is 0 Å². The van der Waals surface area contributed by atoms with E-state index in [4.69, 9.17) is 4.74 Å². The zero-order chi connectivity index (χ0) is 19.1. The van der Waals surface area contributed by atoms with Gasteiger partial charge in [-0.3, -0.25) is 14.9 Å². The molecule has 1 aromatic carbocycles. The summed E-state index contributed by atoms with van der Waals surface area (Å²) in [6.45, 7) is 0.838. The number of rotatable bonds is 3. The van der Waals surface area contributed by atoms with Crippen LogP contribution >= 0.6 is 0 Å². The van der Waals surface area contributed by atoms with Gasteiger partial charge in [0.15, 0.2) is 0 Å². The number of urea groups is 1. The van der Waals surface area contributed by atoms with E-state index in [0.717, 1.165) is 37.0 Å². The summed E-state index contributed by atoms with van der Waals surface area (Å²) in [5.41, 5.74) is -0.588. The van der Waals surface area contributed by atoms with Gasteiger partial charge in [-0.05, 0) is 43.4 Å². The molecule has 0 aromatic heterocycles. The molecule has 1 aliphatic carbocycles. The molecular weight excluding hydrogens is 346 g/mol. The van der Waals surface area contributed by atoms with Crippen molar-refractivity contribution >= 4 is 17.8 Å². The molecule has 2 saturated heterocycles. The van der Waals surface area contributed by atoms with Crippen molar-refractivity contribution in [3.05, 3.63) is 29.8 Å². The maximum absolute atomic E-state index is 13.7. The number of benzene rings is 1. The van der Waals surface area contributed by atoms with Gasteiger partial charge in [0.2, 0.25) is 5.91 Å². The van der Waals surface area contributed by atoms with Crippen LogP contribution in [0.4, 0.5) is 4.79 Å². The lowest BCUT2D eigenvalue weighted by molar-refractivity contribution is -0.141. The van der Waals surface area contributed by atoms with Crippen LogP contribution in [0.15, 0.2) is 24.3 Å². The molecule has 7 heteroatoms.